The number of carbonyl (C=O) groups is 1. The lowest BCUT2D eigenvalue weighted by Gasteiger charge is -2.19. The van der Waals surface area contributed by atoms with Gasteiger partial charge >= 0.3 is 5.97 Å². The van der Waals surface area contributed by atoms with Crippen LogP contribution in [0.3, 0.4) is 0 Å². The highest BCUT2D eigenvalue weighted by molar-refractivity contribution is 7.99. The standard InChI is InChI=1S/C10H21NO2S/c1-5-8(11)6-14-7-9(12)13-10(2,3)4/h8H,5-7,11H2,1-4H3. The zero-order valence-corrected chi connectivity index (χ0v) is 10.3. The molecule has 0 bridgehead atoms. The van der Waals surface area contributed by atoms with Gasteiger partial charge < -0.3 is 10.5 Å². The molecule has 0 aromatic rings. The van der Waals surface area contributed by atoms with E-state index >= 15 is 0 Å². The maximum atomic E-state index is 11.2. The highest BCUT2D eigenvalue weighted by Gasteiger charge is 2.16. The summed E-state index contributed by atoms with van der Waals surface area (Å²) in [5, 5.41) is 0. The molecule has 0 amide bonds. The van der Waals surface area contributed by atoms with Crippen LogP contribution in [-0.4, -0.2) is 29.1 Å². The summed E-state index contributed by atoms with van der Waals surface area (Å²) in [6.07, 6.45) is 0.946. The average Bonchev–Trinajstić information content (AvgIpc) is 2.00. The molecule has 4 heteroatoms. The number of carbonyl (C=O) groups excluding carboxylic acids is 1. The minimum atomic E-state index is -0.384. The molecule has 1 atom stereocenters. The van der Waals surface area contributed by atoms with Gasteiger partial charge in [0.2, 0.25) is 0 Å². The molecular weight excluding hydrogens is 198 g/mol. The van der Waals surface area contributed by atoms with Crippen LogP contribution in [0.5, 0.6) is 0 Å². The molecular formula is C10H21NO2S. The van der Waals surface area contributed by atoms with Crippen molar-refractivity contribution in [2.45, 2.75) is 45.8 Å². The third kappa shape index (κ3) is 8.38. The maximum absolute atomic E-state index is 11.2. The van der Waals surface area contributed by atoms with E-state index in [1.165, 1.54) is 11.8 Å². The second kappa shape index (κ2) is 6.30. The Morgan fingerprint density at radius 1 is 1.50 bits per heavy atom. The number of rotatable bonds is 5. The van der Waals surface area contributed by atoms with E-state index in [-0.39, 0.29) is 17.6 Å². The molecule has 0 aromatic heterocycles. The largest absolute Gasteiger partial charge is 0.459 e. The number of hydrogen-bond donors (Lipinski definition) is 1. The van der Waals surface area contributed by atoms with E-state index in [4.69, 9.17) is 10.5 Å². The Labute approximate surface area is 90.8 Å². The average molecular weight is 219 g/mol. The summed E-state index contributed by atoms with van der Waals surface area (Å²) >= 11 is 1.54. The van der Waals surface area contributed by atoms with Crippen LogP contribution in [0.25, 0.3) is 0 Å². The molecule has 84 valence electrons. The molecule has 0 heterocycles. The fourth-order valence-corrected chi connectivity index (χ4v) is 1.66. The summed E-state index contributed by atoms with van der Waals surface area (Å²) in [6, 6.07) is 0.183. The van der Waals surface area contributed by atoms with E-state index in [1.807, 2.05) is 27.7 Å². The van der Waals surface area contributed by atoms with Crippen LogP contribution in [0.4, 0.5) is 0 Å². The first kappa shape index (κ1) is 13.8. The summed E-state index contributed by atoms with van der Waals surface area (Å²) in [6.45, 7) is 7.65. The molecule has 0 spiro atoms. The van der Waals surface area contributed by atoms with E-state index in [0.29, 0.717) is 5.75 Å². The topological polar surface area (TPSA) is 52.3 Å². The van der Waals surface area contributed by atoms with Crippen molar-refractivity contribution in [2.75, 3.05) is 11.5 Å². The van der Waals surface area contributed by atoms with Crippen LogP contribution >= 0.6 is 11.8 Å². The van der Waals surface area contributed by atoms with Crippen molar-refractivity contribution in [1.29, 1.82) is 0 Å². The minimum absolute atomic E-state index is 0.161. The number of hydrogen-bond acceptors (Lipinski definition) is 4. The normalized spacial score (nSPS) is 13.8. The number of thioether (sulfide) groups is 1. The third-order valence-electron chi connectivity index (χ3n) is 1.50. The Morgan fingerprint density at radius 3 is 2.50 bits per heavy atom. The van der Waals surface area contributed by atoms with E-state index in [0.717, 1.165) is 12.2 Å². The van der Waals surface area contributed by atoms with Gasteiger partial charge in [-0.05, 0) is 27.2 Å². The summed E-state index contributed by atoms with van der Waals surface area (Å²) < 4.78 is 5.15. The van der Waals surface area contributed by atoms with Crippen molar-refractivity contribution < 1.29 is 9.53 Å². The monoisotopic (exact) mass is 219 g/mol. The molecule has 1 unspecified atom stereocenters. The lowest BCUT2D eigenvalue weighted by molar-refractivity contribution is -0.151. The molecule has 0 aliphatic carbocycles. The van der Waals surface area contributed by atoms with E-state index in [1.54, 1.807) is 0 Å². The Balaban J connectivity index is 3.55. The summed E-state index contributed by atoms with van der Waals surface area (Å²) in [4.78, 5) is 11.2. The van der Waals surface area contributed by atoms with Gasteiger partial charge in [0.25, 0.3) is 0 Å². The molecule has 0 aliphatic heterocycles. The molecule has 2 N–H and O–H groups in total. The summed E-state index contributed by atoms with van der Waals surface area (Å²) in [5.41, 5.74) is 5.33. The SMILES string of the molecule is CCC(N)CSCC(=O)OC(C)(C)C. The quantitative estimate of drug-likeness (QED) is 0.716. The fraction of sp³-hybridized carbons (Fsp3) is 0.900. The molecule has 0 saturated heterocycles. The zero-order chi connectivity index (χ0) is 11.2. The molecule has 0 radical (unpaired) electrons. The zero-order valence-electron chi connectivity index (χ0n) is 9.50. The van der Waals surface area contributed by atoms with Gasteiger partial charge in [0.15, 0.2) is 0 Å². The van der Waals surface area contributed by atoms with Gasteiger partial charge in [0.05, 0.1) is 5.75 Å². The Morgan fingerprint density at radius 2 is 2.07 bits per heavy atom. The van der Waals surface area contributed by atoms with Crippen molar-refractivity contribution >= 4 is 17.7 Å². The second-order valence-corrected chi connectivity index (χ2v) is 5.30. The van der Waals surface area contributed by atoms with Crippen molar-refractivity contribution in [1.82, 2.24) is 0 Å². The van der Waals surface area contributed by atoms with Crippen LogP contribution in [0.15, 0.2) is 0 Å². The first-order valence-electron chi connectivity index (χ1n) is 4.90. The van der Waals surface area contributed by atoms with E-state index in [9.17, 15) is 4.79 Å². The lowest BCUT2D eigenvalue weighted by atomic mass is 10.2. The van der Waals surface area contributed by atoms with Crippen LogP contribution in [-0.2, 0) is 9.53 Å². The smallest absolute Gasteiger partial charge is 0.316 e. The van der Waals surface area contributed by atoms with Gasteiger partial charge in [-0.2, -0.15) is 0 Å². The van der Waals surface area contributed by atoms with Crippen LogP contribution in [0.1, 0.15) is 34.1 Å². The highest BCUT2D eigenvalue weighted by atomic mass is 32.2. The molecule has 3 nitrogen and oxygen atoms in total. The molecule has 0 aliphatic rings. The summed E-state index contributed by atoms with van der Waals surface area (Å²) in [7, 11) is 0. The predicted octanol–water partition coefficient (Wildman–Crippen LogP) is 1.80. The third-order valence-corrected chi connectivity index (χ3v) is 2.60. The molecule has 14 heavy (non-hydrogen) atoms. The first-order chi connectivity index (χ1) is 6.35. The van der Waals surface area contributed by atoms with E-state index in [2.05, 4.69) is 0 Å². The fourth-order valence-electron chi connectivity index (χ4n) is 0.782. The van der Waals surface area contributed by atoms with Crippen molar-refractivity contribution in [3.05, 3.63) is 0 Å². The lowest BCUT2D eigenvalue weighted by Crippen LogP contribution is -2.26. The predicted molar refractivity (Wildman–Crippen MR) is 61.4 cm³/mol. The Bertz CT molecular complexity index is 177. The highest BCUT2D eigenvalue weighted by Crippen LogP contribution is 2.10. The molecule has 0 rings (SSSR count). The van der Waals surface area contributed by atoms with Crippen LogP contribution in [0, 0.1) is 0 Å². The molecule has 0 saturated carbocycles. The van der Waals surface area contributed by atoms with E-state index < -0.39 is 0 Å². The van der Waals surface area contributed by atoms with Gasteiger partial charge in [-0.3, -0.25) is 4.79 Å². The first-order valence-corrected chi connectivity index (χ1v) is 6.05. The summed E-state index contributed by atoms with van der Waals surface area (Å²) in [5.74, 6) is 1.05. The van der Waals surface area contributed by atoms with Crippen molar-refractivity contribution in [3.8, 4) is 0 Å². The van der Waals surface area contributed by atoms with Gasteiger partial charge in [-0.15, -0.1) is 11.8 Å². The van der Waals surface area contributed by atoms with Crippen LogP contribution in [0.2, 0.25) is 0 Å². The van der Waals surface area contributed by atoms with Gasteiger partial charge in [0.1, 0.15) is 5.60 Å². The second-order valence-electron chi connectivity index (χ2n) is 4.27. The van der Waals surface area contributed by atoms with Gasteiger partial charge in [0, 0.05) is 11.8 Å². The Kier molecular flexibility index (Phi) is 6.20. The minimum Gasteiger partial charge on any atom is -0.459 e. The van der Waals surface area contributed by atoms with Crippen molar-refractivity contribution in [2.24, 2.45) is 5.73 Å². The van der Waals surface area contributed by atoms with Crippen molar-refractivity contribution in [3.63, 3.8) is 0 Å². The van der Waals surface area contributed by atoms with Gasteiger partial charge in [-0.1, -0.05) is 6.92 Å². The number of nitrogens with two attached hydrogens (primary N) is 1. The maximum Gasteiger partial charge on any atom is 0.316 e. The Hall–Kier alpha value is -0.220. The molecule has 0 aromatic carbocycles. The molecule has 0 fully saturated rings. The van der Waals surface area contributed by atoms with Gasteiger partial charge in [-0.25, -0.2) is 0 Å². The number of esters is 1. The number of ether oxygens (including phenoxy) is 1. The van der Waals surface area contributed by atoms with Crippen LogP contribution < -0.4 is 5.73 Å².